The summed E-state index contributed by atoms with van der Waals surface area (Å²) >= 11 is 0. The normalized spacial score (nSPS) is 19.9. The number of nitrogens with zero attached hydrogens (tertiary/aromatic N) is 1. The summed E-state index contributed by atoms with van der Waals surface area (Å²) in [7, 11) is 1.26. The van der Waals surface area contributed by atoms with Gasteiger partial charge in [0.25, 0.3) is 0 Å². The van der Waals surface area contributed by atoms with E-state index in [9.17, 15) is 23.1 Å². The quantitative estimate of drug-likeness (QED) is 0.799. The number of benzene rings is 1. The van der Waals surface area contributed by atoms with E-state index < -0.39 is 23.9 Å². The number of hydrogen-bond donors (Lipinski definition) is 2. The molecule has 0 amide bonds. The molecular weight excluding hydrogens is 337 g/mol. The first kappa shape index (κ1) is 17.2. The molecule has 0 saturated carbocycles. The van der Waals surface area contributed by atoms with Crippen LogP contribution in [0.25, 0.3) is 0 Å². The number of allylic oxidation sites excluding steroid dienone is 3. The Hall–Kier alpha value is -2.61. The Balaban J connectivity index is 1.92. The van der Waals surface area contributed by atoms with Crippen LogP contribution in [-0.2, 0) is 4.74 Å². The molecule has 1 aromatic rings. The van der Waals surface area contributed by atoms with Crippen LogP contribution in [0.3, 0.4) is 0 Å². The molecule has 0 fully saturated rings. The first-order chi connectivity index (χ1) is 11.8. The lowest BCUT2D eigenvalue weighted by molar-refractivity contribution is -0.0940. The smallest absolute Gasteiger partial charge is 0.412 e. The van der Waals surface area contributed by atoms with E-state index in [1.165, 1.54) is 25.3 Å². The number of ether oxygens (including phenoxy) is 1. The van der Waals surface area contributed by atoms with Crippen LogP contribution in [0.2, 0.25) is 0 Å². The van der Waals surface area contributed by atoms with Gasteiger partial charge >= 0.3 is 12.1 Å². The molecule has 0 aromatic heterocycles. The number of rotatable bonds is 2. The Kier molecular flexibility index (Phi) is 4.38. The third-order valence-corrected chi connectivity index (χ3v) is 4.05. The molecule has 0 bridgehead atoms. The molecule has 0 radical (unpaired) electrons. The van der Waals surface area contributed by atoms with Crippen LogP contribution in [-0.4, -0.2) is 36.3 Å². The average molecular weight is 352 g/mol. The second-order valence-electron chi connectivity index (χ2n) is 5.65. The number of aliphatic imine (C=N–C) groups is 1. The Morgan fingerprint density at radius 2 is 2.08 bits per heavy atom. The van der Waals surface area contributed by atoms with Crippen LogP contribution in [0.15, 0.2) is 46.5 Å². The minimum Gasteiger partial charge on any atom is -0.465 e. The van der Waals surface area contributed by atoms with Gasteiger partial charge in [-0.2, -0.15) is 13.2 Å². The summed E-state index contributed by atoms with van der Waals surface area (Å²) in [6.45, 7) is 0. The molecule has 1 aliphatic heterocycles. The van der Waals surface area contributed by atoms with Gasteiger partial charge in [0.15, 0.2) is 6.23 Å². The summed E-state index contributed by atoms with van der Waals surface area (Å²) in [6.07, 6.45) is -3.18. The molecule has 2 aliphatic rings. The lowest BCUT2D eigenvalue weighted by Crippen LogP contribution is -2.33. The molecule has 0 saturated heterocycles. The van der Waals surface area contributed by atoms with Crippen molar-refractivity contribution in [1.29, 1.82) is 0 Å². The van der Waals surface area contributed by atoms with Gasteiger partial charge in [-0.05, 0) is 36.6 Å². The number of nitrogens with one attached hydrogen (secondary N) is 1. The van der Waals surface area contributed by atoms with E-state index in [-0.39, 0.29) is 18.6 Å². The van der Waals surface area contributed by atoms with Gasteiger partial charge in [-0.15, -0.1) is 0 Å². The second-order valence-corrected chi connectivity index (χ2v) is 5.65. The van der Waals surface area contributed by atoms with E-state index in [1.807, 2.05) is 0 Å². The zero-order chi connectivity index (χ0) is 18.2. The van der Waals surface area contributed by atoms with Crippen molar-refractivity contribution in [3.8, 4) is 0 Å². The SMILES string of the molecule is COC(=O)c1ccc2c(c1)NC(O)C(C1=CC=C(C(F)(F)F)CC1)=N2. The fourth-order valence-electron chi connectivity index (χ4n) is 2.73. The molecule has 1 aliphatic carbocycles. The largest absolute Gasteiger partial charge is 0.465 e. The van der Waals surface area contributed by atoms with Crippen LogP contribution in [0.1, 0.15) is 23.2 Å². The predicted octanol–water partition coefficient (Wildman–Crippen LogP) is 3.50. The molecule has 25 heavy (non-hydrogen) atoms. The molecule has 0 spiro atoms. The molecule has 1 heterocycles. The second kappa shape index (κ2) is 6.36. The number of halogens is 3. The van der Waals surface area contributed by atoms with Crippen molar-refractivity contribution in [2.24, 2.45) is 4.99 Å². The van der Waals surface area contributed by atoms with Crippen LogP contribution in [0.5, 0.6) is 0 Å². The summed E-state index contributed by atoms with van der Waals surface area (Å²) in [5, 5.41) is 13.0. The summed E-state index contributed by atoms with van der Waals surface area (Å²) in [5.74, 6) is -0.520. The highest BCUT2D eigenvalue weighted by Gasteiger charge is 2.35. The van der Waals surface area contributed by atoms with E-state index in [0.29, 0.717) is 22.5 Å². The van der Waals surface area contributed by atoms with Gasteiger partial charge in [0.2, 0.25) is 0 Å². The first-order valence-corrected chi connectivity index (χ1v) is 7.52. The number of fused-ring (bicyclic) bond motifs is 1. The Labute approximate surface area is 141 Å². The van der Waals surface area contributed by atoms with Crippen molar-refractivity contribution in [2.45, 2.75) is 25.2 Å². The molecular formula is C17H15F3N2O3. The van der Waals surface area contributed by atoms with E-state index in [0.717, 1.165) is 6.08 Å². The van der Waals surface area contributed by atoms with Crippen LogP contribution >= 0.6 is 0 Å². The number of carbonyl (C=O) groups excluding carboxylic acids is 1. The lowest BCUT2D eigenvalue weighted by Gasteiger charge is -2.26. The van der Waals surface area contributed by atoms with E-state index in [4.69, 9.17) is 0 Å². The van der Waals surface area contributed by atoms with Gasteiger partial charge in [0.05, 0.1) is 29.8 Å². The maximum atomic E-state index is 12.7. The van der Waals surface area contributed by atoms with Gasteiger partial charge < -0.3 is 15.2 Å². The van der Waals surface area contributed by atoms with E-state index >= 15 is 0 Å². The third-order valence-electron chi connectivity index (χ3n) is 4.05. The molecule has 1 atom stereocenters. The summed E-state index contributed by atoms with van der Waals surface area (Å²) < 4.78 is 42.7. The van der Waals surface area contributed by atoms with Crippen molar-refractivity contribution in [1.82, 2.24) is 0 Å². The van der Waals surface area contributed by atoms with Crippen molar-refractivity contribution in [3.63, 3.8) is 0 Å². The average Bonchev–Trinajstić information content (AvgIpc) is 2.59. The zero-order valence-electron chi connectivity index (χ0n) is 13.2. The van der Waals surface area contributed by atoms with Crippen LogP contribution in [0, 0.1) is 0 Å². The van der Waals surface area contributed by atoms with Crippen molar-refractivity contribution in [2.75, 3.05) is 12.4 Å². The number of methoxy groups -OCH3 is 1. The number of alkyl halides is 3. The Morgan fingerprint density at radius 1 is 1.32 bits per heavy atom. The van der Waals surface area contributed by atoms with Crippen molar-refractivity contribution < 1.29 is 27.8 Å². The number of carbonyl (C=O) groups is 1. The number of hydrogen-bond acceptors (Lipinski definition) is 5. The molecule has 2 N–H and O–H groups in total. The molecule has 8 heteroatoms. The number of aliphatic hydroxyl groups is 1. The Morgan fingerprint density at radius 3 is 2.68 bits per heavy atom. The monoisotopic (exact) mass is 352 g/mol. The van der Waals surface area contributed by atoms with Crippen molar-refractivity contribution >= 4 is 23.1 Å². The topological polar surface area (TPSA) is 70.9 Å². The molecule has 132 valence electrons. The number of esters is 1. The van der Waals surface area contributed by atoms with E-state index in [1.54, 1.807) is 6.07 Å². The number of aliphatic hydroxyl groups excluding tert-OH is 1. The molecule has 1 aromatic carbocycles. The molecule has 5 nitrogen and oxygen atoms in total. The van der Waals surface area contributed by atoms with Crippen LogP contribution in [0.4, 0.5) is 24.5 Å². The fraction of sp³-hybridized carbons (Fsp3) is 0.294. The Bertz CT molecular complexity index is 810. The standard InChI is InChI=1S/C17H15F3N2O3/c1-25-16(24)10-4-7-12-13(8-10)22-15(23)14(21-12)9-2-5-11(6-3-9)17(18,19)20/h2,4-5,7-8,15,22-23H,3,6H2,1H3. The fourth-order valence-corrected chi connectivity index (χ4v) is 2.73. The highest BCUT2D eigenvalue weighted by Crippen LogP contribution is 2.36. The molecule has 3 rings (SSSR count). The third kappa shape index (κ3) is 3.43. The maximum Gasteiger partial charge on any atom is 0.412 e. The van der Waals surface area contributed by atoms with Gasteiger partial charge in [0, 0.05) is 5.57 Å². The van der Waals surface area contributed by atoms with Gasteiger partial charge in [-0.25, -0.2) is 9.79 Å². The highest BCUT2D eigenvalue weighted by molar-refractivity contribution is 6.09. The predicted molar refractivity (Wildman–Crippen MR) is 86.0 cm³/mol. The maximum absolute atomic E-state index is 12.7. The minimum absolute atomic E-state index is 0.137. The summed E-state index contributed by atoms with van der Waals surface area (Å²) in [4.78, 5) is 15.9. The molecule has 1 unspecified atom stereocenters. The zero-order valence-corrected chi connectivity index (χ0v) is 13.2. The summed E-state index contributed by atoms with van der Waals surface area (Å²) in [6, 6.07) is 4.62. The van der Waals surface area contributed by atoms with Gasteiger partial charge in [-0.1, -0.05) is 12.2 Å². The van der Waals surface area contributed by atoms with Gasteiger partial charge in [0.1, 0.15) is 0 Å². The summed E-state index contributed by atoms with van der Waals surface area (Å²) in [5.41, 5.74) is 1.44. The van der Waals surface area contributed by atoms with Crippen molar-refractivity contribution in [3.05, 3.63) is 47.1 Å². The van der Waals surface area contributed by atoms with Crippen LogP contribution < -0.4 is 5.32 Å². The highest BCUT2D eigenvalue weighted by atomic mass is 19.4. The first-order valence-electron chi connectivity index (χ1n) is 7.52. The van der Waals surface area contributed by atoms with Gasteiger partial charge in [-0.3, -0.25) is 0 Å². The minimum atomic E-state index is -4.34. The van der Waals surface area contributed by atoms with E-state index in [2.05, 4.69) is 15.0 Å². The number of anilines is 1. The lowest BCUT2D eigenvalue weighted by atomic mass is 9.93.